The number of benzene rings is 1. The zero-order chi connectivity index (χ0) is 18.2. The molecule has 2 atom stereocenters. The van der Waals surface area contributed by atoms with Crippen molar-refractivity contribution >= 4 is 5.96 Å². The molecule has 2 unspecified atom stereocenters. The van der Waals surface area contributed by atoms with E-state index in [0.29, 0.717) is 12.5 Å². The smallest absolute Gasteiger partial charge is 0.191 e. The summed E-state index contributed by atoms with van der Waals surface area (Å²) in [6.45, 7) is 7.13. The Morgan fingerprint density at radius 1 is 1.23 bits per heavy atom. The van der Waals surface area contributed by atoms with Gasteiger partial charge in [0.15, 0.2) is 5.96 Å². The highest BCUT2D eigenvalue weighted by molar-refractivity contribution is 5.79. The van der Waals surface area contributed by atoms with Crippen LogP contribution in [0.25, 0.3) is 0 Å². The van der Waals surface area contributed by atoms with Gasteiger partial charge in [-0.2, -0.15) is 0 Å². The third-order valence-corrected chi connectivity index (χ3v) is 4.62. The number of hydrogen-bond donors (Lipinski definition) is 2. The van der Waals surface area contributed by atoms with Crippen molar-refractivity contribution in [3.63, 3.8) is 0 Å². The van der Waals surface area contributed by atoms with Crippen LogP contribution in [0.15, 0.2) is 46.1 Å². The second-order valence-corrected chi connectivity index (χ2v) is 6.67. The lowest BCUT2D eigenvalue weighted by Crippen LogP contribution is -2.42. The van der Waals surface area contributed by atoms with Crippen LogP contribution in [0.3, 0.4) is 0 Å². The fraction of sp³-hybridized carbons (Fsp3) is 0.500. The second kappa shape index (κ2) is 9.38. The van der Waals surface area contributed by atoms with Crippen LogP contribution < -0.4 is 10.6 Å². The molecule has 0 aliphatic carbocycles. The van der Waals surface area contributed by atoms with Gasteiger partial charge in [0.25, 0.3) is 0 Å². The summed E-state index contributed by atoms with van der Waals surface area (Å²) in [4.78, 5) is 4.58. The maximum absolute atomic E-state index is 6.10. The molecule has 0 bridgehead atoms. The van der Waals surface area contributed by atoms with Crippen LogP contribution >= 0.6 is 0 Å². The lowest BCUT2D eigenvalue weighted by atomic mass is 9.89. The Morgan fingerprint density at radius 2 is 2.08 bits per heavy atom. The normalized spacial score (nSPS) is 20.8. The Hall–Kier alpha value is -2.34. The molecule has 2 aromatic rings. The molecule has 0 saturated carbocycles. The molecule has 2 N–H and O–H groups in total. The molecule has 2 heterocycles. The van der Waals surface area contributed by atoms with E-state index < -0.39 is 0 Å². The van der Waals surface area contributed by atoms with Crippen molar-refractivity contribution in [2.24, 2.45) is 10.9 Å². The summed E-state index contributed by atoms with van der Waals surface area (Å²) in [6, 6.07) is 10.5. The van der Waals surface area contributed by atoms with E-state index >= 15 is 0 Å². The number of aromatic nitrogens is 1. The van der Waals surface area contributed by atoms with Gasteiger partial charge in [0.1, 0.15) is 12.0 Å². The van der Waals surface area contributed by atoms with Gasteiger partial charge in [0.05, 0.1) is 12.6 Å². The largest absolute Gasteiger partial charge is 0.373 e. The second-order valence-electron chi connectivity index (χ2n) is 6.67. The first kappa shape index (κ1) is 18.5. The van der Waals surface area contributed by atoms with Gasteiger partial charge < -0.3 is 19.9 Å². The number of nitrogens with one attached hydrogen (secondary N) is 2. The van der Waals surface area contributed by atoms with Gasteiger partial charge in [0, 0.05) is 31.7 Å². The molecular weight excluding hydrogens is 328 g/mol. The summed E-state index contributed by atoms with van der Waals surface area (Å²) >= 11 is 0. The van der Waals surface area contributed by atoms with Crippen molar-refractivity contribution in [2.45, 2.75) is 39.3 Å². The van der Waals surface area contributed by atoms with Crippen LogP contribution in [0.4, 0.5) is 0 Å². The molecule has 1 aromatic heterocycles. The first-order valence-corrected chi connectivity index (χ1v) is 9.36. The van der Waals surface area contributed by atoms with Gasteiger partial charge in [-0.05, 0) is 32.3 Å². The van der Waals surface area contributed by atoms with Crippen molar-refractivity contribution in [2.75, 3.05) is 19.7 Å². The average molecular weight is 356 g/mol. The van der Waals surface area contributed by atoms with Gasteiger partial charge >= 0.3 is 0 Å². The Balaban J connectivity index is 1.62. The molecule has 1 saturated heterocycles. The van der Waals surface area contributed by atoms with Crippen molar-refractivity contribution in [1.82, 2.24) is 15.8 Å². The van der Waals surface area contributed by atoms with Gasteiger partial charge in [-0.15, -0.1) is 0 Å². The summed E-state index contributed by atoms with van der Waals surface area (Å²) in [5.41, 5.74) is 3.35. The lowest BCUT2D eigenvalue weighted by Gasteiger charge is -2.32. The van der Waals surface area contributed by atoms with E-state index in [4.69, 9.17) is 9.26 Å². The highest BCUT2D eigenvalue weighted by atomic mass is 16.5. The van der Waals surface area contributed by atoms with E-state index in [1.807, 2.05) is 6.07 Å². The Kier molecular flexibility index (Phi) is 6.66. The minimum atomic E-state index is 0.135. The number of aliphatic imine (C=N–C) groups is 1. The number of hydrogen-bond acceptors (Lipinski definition) is 4. The molecule has 0 amide bonds. The quantitative estimate of drug-likeness (QED) is 0.614. The highest BCUT2D eigenvalue weighted by Crippen LogP contribution is 2.33. The topological polar surface area (TPSA) is 71.7 Å². The van der Waals surface area contributed by atoms with Gasteiger partial charge in [-0.3, -0.25) is 0 Å². The number of rotatable bonds is 6. The van der Waals surface area contributed by atoms with Gasteiger partial charge in [-0.1, -0.05) is 35.0 Å². The van der Waals surface area contributed by atoms with E-state index in [0.717, 1.165) is 44.2 Å². The lowest BCUT2D eigenvalue weighted by molar-refractivity contribution is -0.0265. The van der Waals surface area contributed by atoms with E-state index in [2.05, 4.69) is 58.9 Å². The zero-order valence-electron chi connectivity index (χ0n) is 15.6. The molecule has 6 heteroatoms. The minimum Gasteiger partial charge on any atom is -0.373 e. The average Bonchev–Trinajstić information content (AvgIpc) is 3.19. The number of aryl methyl sites for hydroxylation is 1. The van der Waals surface area contributed by atoms with Crippen LogP contribution in [-0.2, 0) is 11.3 Å². The molecule has 0 spiro atoms. The molecule has 1 aliphatic rings. The molecule has 6 nitrogen and oxygen atoms in total. The fourth-order valence-corrected chi connectivity index (χ4v) is 3.23. The van der Waals surface area contributed by atoms with E-state index in [1.54, 1.807) is 6.26 Å². The minimum absolute atomic E-state index is 0.135. The summed E-state index contributed by atoms with van der Waals surface area (Å²) in [5.74, 6) is 1.21. The predicted molar refractivity (Wildman–Crippen MR) is 102 cm³/mol. The van der Waals surface area contributed by atoms with E-state index in [1.165, 1.54) is 11.1 Å². The molecule has 0 radical (unpaired) electrons. The maximum Gasteiger partial charge on any atom is 0.191 e. The third-order valence-electron chi connectivity index (χ3n) is 4.62. The molecule has 1 fully saturated rings. The van der Waals surface area contributed by atoms with Gasteiger partial charge in [-0.25, -0.2) is 4.99 Å². The Labute approximate surface area is 155 Å². The van der Waals surface area contributed by atoms with Crippen LogP contribution in [0, 0.1) is 12.8 Å². The van der Waals surface area contributed by atoms with E-state index in [9.17, 15) is 0 Å². The van der Waals surface area contributed by atoms with Crippen LogP contribution in [0.1, 0.15) is 42.7 Å². The summed E-state index contributed by atoms with van der Waals surface area (Å²) in [6.07, 6.45) is 3.95. The number of nitrogens with zero attached hydrogens (tertiary/aromatic N) is 2. The summed E-state index contributed by atoms with van der Waals surface area (Å²) in [7, 11) is 0. The molecular formula is C20H28N4O2. The maximum atomic E-state index is 6.10. The van der Waals surface area contributed by atoms with Crippen molar-refractivity contribution in [3.05, 3.63) is 53.4 Å². The molecule has 1 aliphatic heterocycles. The number of guanidine groups is 1. The van der Waals surface area contributed by atoms with Gasteiger partial charge in [0.2, 0.25) is 0 Å². The predicted octanol–water partition coefficient (Wildman–Crippen LogP) is 3.21. The zero-order valence-corrected chi connectivity index (χ0v) is 15.6. The van der Waals surface area contributed by atoms with Crippen LogP contribution in [-0.4, -0.2) is 30.8 Å². The van der Waals surface area contributed by atoms with Crippen LogP contribution in [0.5, 0.6) is 0 Å². The highest BCUT2D eigenvalue weighted by Gasteiger charge is 2.27. The van der Waals surface area contributed by atoms with Crippen LogP contribution in [0.2, 0.25) is 0 Å². The van der Waals surface area contributed by atoms with Crippen molar-refractivity contribution in [3.8, 4) is 0 Å². The molecule has 140 valence electrons. The summed E-state index contributed by atoms with van der Waals surface area (Å²) in [5, 5.41) is 10.7. The standard InChI is InChI=1S/C20H28N4O2/c1-3-21-20(23-14-18-10-12-26-24-18)22-13-17-5-4-11-25-19(17)16-8-6-15(2)7-9-16/h6-10,12,17,19H,3-5,11,13-14H2,1-2H3,(H2,21,22,23). The first-order valence-electron chi connectivity index (χ1n) is 9.36. The Bertz CT molecular complexity index is 682. The first-order chi connectivity index (χ1) is 12.8. The monoisotopic (exact) mass is 356 g/mol. The number of ether oxygens (including phenoxy) is 1. The third kappa shape index (κ3) is 5.08. The van der Waals surface area contributed by atoms with E-state index in [-0.39, 0.29) is 6.10 Å². The van der Waals surface area contributed by atoms with Crippen molar-refractivity contribution in [1.29, 1.82) is 0 Å². The molecule has 1 aromatic carbocycles. The molecule has 26 heavy (non-hydrogen) atoms. The Morgan fingerprint density at radius 3 is 2.81 bits per heavy atom. The molecule has 3 rings (SSSR count). The fourth-order valence-electron chi connectivity index (χ4n) is 3.23. The van der Waals surface area contributed by atoms with Crippen molar-refractivity contribution < 1.29 is 9.26 Å². The summed E-state index contributed by atoms with van der Waals surface area (Å²) < 4.78 is 11.0. The SMILES string of the molecule is CCNC(=NCc1ccon1)NCC1CCCOC1c1ccc(C)cc1.